The molecule has 26 heteroatoms. The van der Waals surface area contributed by atoms with Gasteiger partial charge in [-0.05, 0) is 96.8 Å². The fourth-order valence-electron chi connectivity index (χ4n) is 5.60. The van der Waals surface area contributed by atoms with Crippen molar-refractivity contribution < 1.29 is 127 Å². The molecule has 1 rings (SSSR count). The molecular weight excluding hydrogens is 1280 g/mol. The Morgan fingerprint density at radius 3 is 1.07 bits per heavy atom. The number of carbonyl (C=O) groups excluding carboxylic acids is 7. The van der Waals surface area contributed by atoms with Crippen LogP contribution in [0.5, 0.6) is 0 Å². The maximum atomic E-state index is 11.4. The van der Waals surface area contributed by atoms with Crippen LogP contribution in [0.4, 0.5) is 0 Å². The molecule has 0 bridgehead atoms. The summed E-state index contributed by atoms with van der Waals surface area (Å²) in [6.07, 6.45) is 2.83. The molecule has 0 radical (unpaired) electrons. The van der Waals surface area contributed by atoms with Crippen LogP contribution < -0.4 is 0 Å². The van der Waals surface area contributed by atoms with Gasteiger partial charge in [-0.2, -0.15) is 0 Å². The lowest BCUT2D eigenvalue weighted by atomic mass is 9.99. The molecule has 12 unspecified atom stereocenters. The van der Waals surface area contributed by atoms with E-state index >= 15 is 0 Å². The van der Waals surface area contributed by atoms with Crippen molar-refractivity contribution in [3.8, 4) is 0 Å². The number of hydrogen-bond donors (Lipinski definition) is 8. The Kier molecular flexibility index (Phi) is 88.2. The SMILES string of the molecule is C.C.CCC(C)C(=O)OCC(C)C.CCC(C)C(=O)OCCCCO.CCC(C)C(=O)OCCO.CCC(C)C(=O)OCCOC.CCC(C)C(=O)OCCO[C@H]1OC(CO)[C@H](O)C(O)[C@H]1O.CCC(C)OC(=O)C(C)CC.CCC(C)OCCO.CCC(O)COC(=O)C(C)CC. The summed E-state index contributed by atoms with van der Waals surface area (Å²) < 4.78 is 54.6. The molecule has 1 heterocycles. The van der Waals surface area contributed by atoms with Gasteiger partial charge in [-0.25, -0.2) is 0 Å². The largest absolute Gasteiger partial charge is 0.465 e. The van der Waals surface area contributed by atoms with Crippen molar-refractivity contribution in [2.24, 2.45) is 47.3 Å². The highest BCUT2D eigenvalue weighted by Crippen LogP contribution is 2.22. The molecule has 1 saturated heterocycles. The molecule has 0 aromatic heterocycles. The maximum absolute atomic E-state index is 11.4. The number of hydrogen-bond acceptors (Lipinski definition) is 26. The van der Waals surface area contributed by atoms with Crippen LogP contribution in [0.1, 0.15) is 237 Å². The Bertz CT molecular complexity index is 1810. The highest BCUT2D eigenvalue weighted by atomic mass is 16.7. The lowest BCUT2D eigenvalue weighted by Crippen LogP contribution is -2.59. The van der Waals surface area contributed by atoms with Gasteiger partial charge < -0.3 is 93.0 Å². The van der Waals surface area contributed by atoms with E-state index in [1.807, 2.05) is 125 Å². The third-order valence-electron chi connectivity index (χ3n) is 14.6. The van der Waals surface area contributed by atoms with E-state index in [4.69, 9.17) is 72.9 Å². The molecule has 26 nitrogen and oxygen atoms in total. The van der Waals surface area contributed by atoms with Crippen molar-refractivity contribution in [1.29, 1.82) is 0 Å². The fraction of sp³-hybridized carbons (Fsp3) is 0.903. The number of aliphatic hydroxyl groups excluding tert-OH is 8. The maximum Gasteiger partial charge on any atom is 0.308 e. The number of methoxy groups -OCH3 is 1. The zero-order chi connectivity index (χ0) is 75.7. The first-order chi connectivity index (χ1) is 45.2. The van der Waals surface area contributed by atoms with Gasteiger partial charge in [0.15, 0.2) is 6.29 Å². The van der Waals surface area contributed by atoms with Crippen molar-refractivity contribution in [3.05, 3.63) is 0 Å². The Balaban J connectivity index is -0.000000134. The molecule has 0 aromatic rings. The van der Waals surface area contributed by atoms with E-state index in [-0.39, 0.29) is 150 Å². The first kappa shape index (κ1) is 112. The van der Waals surface area contributed by atoms with Gasteiger partial charge in [0.05, 0.1) is 113 Å². The molecule has 1 aliphatic rings. The lowest BCUT2D eigenvalue weighted by Gasteiger charge is -2.39. The monoisotopic (exact) mass is 1430 g/mol. The van der Waals surface area contributed by atoms with Crippen molar-refractivity contribution in [3.63, 3.8) is 0 Å². The second kappa shape index (κ2) is 77.0. The Morgan fingerprint density at radius 1 is 0.378 bits per heavy atom. The predicted octanol–water partition coefficient (Wildman–Crippen LogP) is 9.55. The molecular formula is C72H148O26. The molecule has 1 aliphatic heterocycles. The van der Waals surface area contributed by atoms with Gasteiger partial charge in [-0.15, -0.1) is 0 Å². The summed E-state index contributed by atoms with van der Waals surface area (Å²) in [5.41, 5.74) is 0. The van der Waals surface area contributed by atoms with E-state index in [1.54, 1.807) is 21.0 Å². The van der Waals surface area contributed by atoms with Crippen LogP contribution in [0.15, 0.2) is 0 Å². The van der Waals surface area contributed by atoms with E-state index < -0.39 is 43.4 Å². The molecule has 8 N–H and O–H groups in total. The number of unbranched alkanes of at least 4 members (excludes halogenated alkanes) is 1. The summed E-state index contributed by atoms with van der Waals surface area (Å²) in [7, 11) is 1.58. The topological polar surface area (TPSA) is 383 Å². The Hall–Kier alpha value is -4.19. The third kappa shape index (κ3) is 67.6. The first-order valence-electron chi connectivity index (χ1n) is 34.9. The average Bonchev–Trinajstić information content (AvgIpc) is 0.822. The molecule has 0 amide bonds. The number of ether oxygens (including phenoxy) is 11. The highest BCUT2D eigenvalue weighted by molar-refractivity contribution is 5.74. The van der Waals surface area contributed by atoms with Crippen LogP contribution in [0.25, 0.3) is 0 Å². The predicted molar refractivity (Wildman–Crippen MR) is 380 cm³/mol. The van der Waals surface area contributed by atoms with E-state index in [2.05, 4.69) is 11.7 Å². The second-order valence-corrected chi connectivity index (χ2v) is 23.7. The van der Waals surface area contributed by atoms with Crippen LogP contribution in [-0.4, -0.2) is 225 Å². The van der Waals surface area contributed by atoms with Crippen LogP contribution >= 0.6 is 0 Å². The van der Waals surface area contributed by atoms with Crippen LogP contribution in [0, 0.1) is 47.3 Å². The van der Waals surface area contributed by atoms with Crippen molar-refractivity contribution in [2.45, 2.75) is 286 Å². The number of esters is 7. The standard InChI is InChI=1S/C13H24O8.2C9H18O3.2C9H18O2.C8H16O3.C7H14O3.C6H14O2.2CH4/c1-3-7(2)12(18)19-4-5-20-13-11(17)10(16)9(15)8(6-14)21-13;1-4-7(3)9(11)12-6-8(10)5-2;1-3-8(2)9(11)12-7-5-4-6-10;1-5-8(4)9(10)11-6-7(2)3;1-5-7(3)9(10)11-8(4)6-2;1-4-7(2)8(9)11-6-5-10-3;1-3-6(2)7(9)10-5-4-8;1-3-6(2)8-5-4-7;;/h7-11,13-17H,3-6H2,1-2H3;7-8,10H,4-6H2,1-3H3;8,10H,3-7H2,1-2H3;2*7-8H,5-6H2,1-4H3;7H,4-6H2,1-3H3;6,8H,3-5H2,1-2H3;6-7H,3-5H2,1-2H3;2*1H4/t7?,8?,9-,10?,11+,13-;;;;;;;;;/m0........./s1. The van der Waals surface area contributed by atoms with E-state index in [1.165, 1.54) is 0 Å². The molecule has 0 spiro atoms. The lowest BCUT2D eigenvalue weighted by molar-refractivity contribution is -0.302. The average molecular weight is 1430 g/mol. The van der Waals surface area contributed by atoms with Crippen LogP contribution in [0.2, 0.25) is 0 Å². The smallest absolute Gasteiger partial charge is 0.308 e. The van der Waals surface area contributed by atoms with Gasteiger partial charge in [-0.3, -0.25) is 33.6 Å². The quantitative estimate of drug-likeness (QED) is 0.0161. The van der Waals surface area contributed by atoms with Gasteiger partial charge >= 0.3 is 41.8 Å². The van der Waals surface area contributed by atoms with Gasteiger partial charge in [-0.1, -0.05) is 146 Å². The minimum Gasteiger partial charge on any atom is -0.465 e. The first-order valence-corrected chi connectivity index (χ1v) is 34.9. The molecule has 0 aromatic carbocycles. The zero-order valence-electron chi connectivity index (χ0n) is 63.3. The minimum absolute atomic E-state index is 0. The summed E-state index contributed by atoms with van der Waals surface area (Å²) in [6, 6.07) is 0. The minimum atomic E-state index is -1.48. The normalized spacial score (nSPS) is 17.9. The molecule has 1 fully saturated rings. The van der Waals surface area contributed by atoms with Gasteiger partial charge in [0.25, 0.3) is 0 Å². The molecule has 0 aliphatic carbocycles. The summed E-state index contributed by atoms with van der Waals surface area (Å²) in [5, 5.41) is 72.0. The van der Waals surface area contributed by atoms with Crippen molar-refractivity contribution in [1.82, 2.24) is 0 Å². The zero-order valence-corrected chi connectivity index (χ0v) is 63.3. The summed E-state index contributed by atoms with van der Waals surface area (Å²) in [4.78, 5) is 77.5. The number of rotatable bonds is 39. The summed E-state index contributed by atoms with van der Waals surface area (Å²) in [5.74, 6) is -0.955. The second-order valence-electron chi connectivity index (χ2n) is 23.7. The van der Waals surface area contributed by atoms with Crippen molar-refractivity contribution >= 4 is 41.8 Å². The molecule has 15 atom stereocenters. The summed E-state index contributed by atoms with van der Waals surface area (Å²) in [6.45, 7) is 42.5. The number of aliphatic hydroxyl groups is 8. The Labute approximate surface area is 592 Å². The molecule has 98 heavy (non-hydrogen) atoms. The van der Waals surface area contributed by atoms with E-state index in [9.17, 15) is 48.9 Å². The summed E-state index contributed by atoms with van der Waals surface area (Å²) >= 11 is 0. The van der Waals surface area contributed by atoms with Crippen LogP contribution in [0.3, 0.4) is 0 Å². The van der Waals surface area contributed by atoms with Crippen molar-refractivity contribution in [2.75, 3.05) is 93.0 Å². The third-order valence-corrected chi connectivity index (χ3v) is 14.6. The molecule has 0 saturated carbocycles. The van der Waals surface area contributed by atoms with Crippen LogP contribution in [-0.2, 0) is 85.7 Å². The highest BCUT2D eigenvalue weighted by Gasteiger charge is 2.44. The van der Waals surface area contributed by atoms with E-state index in [0.29, 0.717) is 64.3 Å². The fourth-order valence-corrected chi connectivity index (χ4v) is 5.60. The van der Waals surface area contributed by atoms with E-state index in [0.717, 1.165) is 57.8 Å². The van der Waals surface area contributed by atoms with Gasteiger partial charge in [0.1, 0.15) is 50.8 Å². The number of carbonyl (C=O) groups is 7. The molecule has 592 valence electrons. The Morgan fingerprint density at radius 2 is 0.735 bits per heavy atom. The van der Waals surface area contributed by atoms with Gasteiger partial charge in [0, 0.05) is 13.7 Å². The van der Waals surface area contributed by atoms with Gasteiger partial charge in [0.2, 0.25) is 0 Å².